The minimum absolute atomic E-state index is 0.0371. The molecule has 196 valence electrons. The van der Waals surface area contributed by atoms with Crippen LogP contribution in [0.25, 0.3) is 0 Å². The van der Waals surface area contributed by atoms with E-state index >= 15 is 0 Å². The van der Waals surface area contributed by atoms with Crippen molar-refractivity contribution in [2.75, 3.05) is 25.7 Å². The lowest BCUT2D eigenvalue weighted by atomic mass is 9.80. The van der Waals surface area contributed by atoms with E-state index in [-0.39, 0.29) is 41.8 Å². The first-order valence-electron chi connectivity index (χ1n) is 10.8. The third-order valence-corrected chi connectivity index (χ3v) is 5.84. The summed E-state index contributed by atoms with van der Waals surface area (Å²) in [5, 5.41) is 0. The fraction of sp³-hybridized carbons (Fsp3) is 0.417. The van der Waals surface area contributed by atoms with Gasteiger partial charge in [-0.05, 0) is 50.1 Å². The fourth-order valence-corrected chi connectivity index (χ4v) is 4.20. The summed E-state index contributed by atoms with van der Waals surface area (Å²) in [6.07, 6.45) is -11.0. The Hall–Kier alpha value is -3.44. The molecular formula is C24H23F6NO5. The Morgan fingerprint density at radius 1 is 0.917 bits per heavy atom. The summed E-state index contributed by atoms with van der Waals surface area (Å²) in [6, 6.07) is 2.88. The number of carbonyl (C=O) groups excluding carboxylic acids is 2. The van der Waals surface area contributed by atoms with Crippen LogP contribution in [0.4, 0.5) is 36.8 Å². The summed E-state index contributed by atoms with van der Waals surface area (Å²) in [7, 11) is 2.66. The Balaban J connectivity index is 2.21. The molecule has 0 spiro atoms. The molecular weight excluding hydrogens is 496 g/mol. The molecule has 1 aliphatic rings. The van der Waals surface area contributed by atoms with Gasteiger partial charge in [0.2, 0.25) is 0 Å². The van der Waals surface area contributed by atoms with Gasteiger partial charge in [-0.15, -0.1) is 0 Å². The maximum Gasteiger partial charge on any atom is 0.416 e. The molecule has 0 aliphatic carbocycles. The van der Waals surface area contributed by atoms with E-state index in [0.717, 1.165) is 0 Å². The van der Waals surface area contributed by atoms with Crippen LogP contribution in [-0.4, -0.2) is 38.7 Å². The van der Waals surface area contributed by atoms with Crippen LogP contribution >= 0.6 is 0 Å². The Kier molecular flexibility index (Phi) is 7.47. The normalized spacial score (nSPS) is 17.9. The predicted octanol–water partition coefficient (Wildman–Crippen LogP) is 6.46. The molecule has 1 heterocycles. The van der Waals surface area contributed by atoms with Gasteiger partial charge in [0.05, 0.1) is 43.6 Å². The zero-order chi connectivity index (χ0) is 27.0. The SMILES string of the molecule is CCOC(=O)N1c2cc(OC)c(OC)cc2[C@@H](C(=O)c2cc(C(F)(F)F)cc(C(F)(F)F)c2)C[C@@H]1C. The number of fused-ring (bicyclic) bond motifs is 1. The van der Waals surface area contributed by atoms with Crippen molar-refractivity contribution in [3.63, 3.8) is 0 Å². The van der Waals surface area contributed by atoms with Gasteiger partial charge in [-0.1, -0.05) is 0 Å². The van der Waals surface area contributed by atoms with Gasteiger partial charge in [-0.2, -0.15) is 26.3 Å². The number of ether oxygens (including phenoxy) is 3. The van der Waals surface area contributed by atoms with Crippen LogP contribution in [0.3, 0.4) is 0 Å². The van der Waals surface area contributed by atoms with Gasteiger partial charge >= 0.3 is 18.4 Å². The molecule has 2 aromatic carbocycles. The van der Waals surface area contributed by atoms with E-state index in [1.807, 2.05) is 0 Å². The van der Waals surface area contributed by atoms with Crippen molar-refractivity contribution in [1.82, 2.24) is 0 Å². The zero-order valence-electron chi connectivity index (χ0n) is 19.7. The maximum atomic E-state index is 13.5. The second-order valence-electron chi connectivity index (χ2n) is 8.13. The quantitative estimate of drug-likeness (QED) is 0.335. The summed E-state index contributed by atoms with van der Waals surface area (Å²) in [6.45, 7) is 3.24. The van der Waals surface area contributed by atoms with Gasteiger partial charge in [-0.25, -0.2) is 4.79 Å². The second-order valence-corrected chi connectivity index (χ2v) is 8.13. The molecule has 3 rings (SSSR count). The molecule has 1 amide bonds. The number of nitrogens with zero attached hydrogens (tertiary/aromatic N) is 1. The van der Waals surface area contributed by atoms with Crippen molar-refractivity contribution < 1.29 is 50.1 Å². The van der Waals surface area contributed by atoms with Gasteiger partial charge < -0.3 is 14.2 Å². The summed E-state index contributed by atoms with van der Waals surface area (Å²) in [5.74, 6) is -1.78. The van der Waals surface area contributed by atoms with Crippen molar-refractivity contribution in [1.29, 1.82) is 0 Å². The van der Waals surface area contributed by atoms with Crippen LogP contribution in [0.15, 0.2) is 30.3 Å². The number of alkyl halides is 6. The Labute approximate surface area is 202 Å². The van der Waals surface area contributed by atoms with E-state index in [1.54, 1.807) is 13.8 Å². The van der Waals surface area contributed by atoms with Crippen LogP contribution < -0.4 is 14.4 Å². The topological polar surface area (TPSA) is 65.1 Å². The largest absolute Gasteiger partial charge is 0.493 e. The Bertz CT molecular complexity index is 1130. The molecule has 12 heteroatoms. The minimum Gasteiger partial charge on any atom is -0.493 e. The van der Waals surface area contributed by atoms with Crippen LogP contribution in [0.2, 0.25) is 0 Å². The van der Waals surface area contributed by atoms with Gasteiger partial charge in [0.15, 0.2) is 17.3 Å². The number of rotatable bonds is 5. The third kappa shape index (κ3) is 5.21. The molecule has 0 saturated carbocycles. The van der Waals surface area contributed by atoms with Crippen molar-refractivity contribution in [2.24, 2.45) is 0 Å². The summed E-state index contributed by atoms with van der Waals surface area (Å²) in [5.41, 5.74) is -3.59. The third-order valence-electron chi connectivity index (χ3n) is 5.84. The second kappa shape index (κ2) is 9.90. The van der Waals surface area contributed by atoms with Crippen molar-refractivity contribution in [3.8, 4) is 11.5 Å². The van der Waals surface area contributed by atoms with E-state index in [0.29, 0.717) is 12.1 Å². The van der Waals surface area contributed by atoms with Crippen LogP contribution in [0, 0.1) is 0 Å². The molecule has 2 aromatic rings. The number of methoxy groups -OCH3 is 2. The monoisotopic (exact) mass is 519 g/mol. The van der Waals surface area contributed by atoms with Crippen LogP contribution in [0.1, 0.15) is 53.2 Å². The average Bonchev–Trinajstić information content (AvgIpc) is 2.80. The lowest BCUT2D eigenvalue weighted by Gasteiger charge is -2.38. The minimum atomic E-state index is -5.11. The summed E-state index contributed by atoms with van der Waals surface area (Å²) in [4.78, 5) is 27.4. The smallest absolute Gasteiger partial charge is 0.416 e. The molecule has 0 saturated heterocycles. The fourth-order valence-electron chi connectivity index (χ4n) is 4.20. The predicted molar refractivity (Wildman–Crippen MR) is 117 cm³/mol. The molecule has 0 aromatic heterocycles. The van der Waals surface area contributed by atoms with E-state index in [9.17, 15) is 35.9 Å². The maximum absolute atomic E-state index is 13.5. The van der Waals surface area contributed by atoms with Crippen molar-refractivity contribution >= 4 is 17.6 Å². The van der Waals surface area contributed by atoms with Gasteiger partial charge in [-0.3, -0.25) is 9.69 Å². The number of ketones is 1. The number of amides is 1. The Morgan fingerprint density at radius 3 is 1.92 bits per heavy atom. The summed E-state index contributed by atoms with van der Waals surface area (Å²) < 4.78 is 95.9. The standard InChI is InChI=1S/C24H23F6NO5/c1-5-36-22(33)31-12(2)6-17(16-10-19(34-3)20(35-4)11-18(16)31)21(32)13-7-14(23(25,26)27)9-15(8-13)24(28,29)30/h7-12,17H,5-6H2,1-4H3/t12-,17-/m0/s1. The number of hydrogen-bond donors (Lipinski definition) is 0. The Morgan fingerprint density at radius 2 is 1.44 bits per heavy atom. The highest BCUT2D eigenvalue weighted by Crippen LogP contribution is 2.46. The average molecular weight is 519 g/mol. The first kappa shape index (κ1) is 27.2. The molecule has 0 unspecified atom stereocenters. The lowest BCUT2D eigenvalue weighted by Crippen LogP contribution is -2.44. The molecule has 1 aliphatic heterocycles. The molecule has 0 bridgehead atoms. The van der Waals surface area contributed by atoms with Crippen LogP contribution in [-0.2, 0) is 17.1 Å². The highest BCUT2D eigenvalue weighted by molar-refractivity contribution is 6.04. The number of benzene rings is 2. The number of Topliss-reactive ketones (excluding diaryl/α,β-unsaturated/α-hetero) is 1. The van der Waals surface area contributed by atoms with E-state index < -0.39 is 52.9 Å². The molecule has 6 nitrogen and oxygen atoms in total. The number of halogens is 6. The van der Waals surface area contributed by atoms with Crippen molar-refractivity contribution in [2.45, 2.75) is 44.6 Å². The highest BCUT2D eigenvalue weighted by Gasteiger charge is 2.42. The van der Waals surface area contributed by atoms with Gasteiger partial charge in [0.1, 0.15) is 0 Å². The van der Waals surface area contributed by atoms with E-state index in [4.69, 9.17) is 14.2 Å². The summed E-state index contributed by atoms with van der Waals surface area (Å²) >= 11 is 0. The van der Waals surface area contributed by atoms with Gasteiger partial charge in [0.25, 0.3) is 0 Å². The number of carbonyl (C=O) groups is 2. The van der Waals surface area contributed by atoms with E-state index in [2.05, 4.69) is 0 Å². The van der Waals surface area contributed by atoms with E-state index in [1.165, 1.54) is 31.3 Å². The van der Waals surface area contributed by atoms with Crippen molar-refractivity contribution in [3.05, 3.63) is 52.6 Å². The number of anilines is 1. The number of hydrogen-bond acceptors (Lipinski definition) is 5. The first-order chi connectivity index (χ1) is 16.7. The lowest BCUT2D eigenvalue weighted by molar-refractivity contribution is -0.143. The van der Waals surface area contributed by atoms with Gasteiger partial charge in [0, 0.05) is 17.7 Å². The van der Waals surface area contributed by atoms with Crippen LogP contribution in [0.5, 0.6) is 11.5 Å². The molecule has 36 heavy (non-hydrogen) atoms. The molecule has 0 N–H and O–H groups in total. The molecule has 2 atom stereocenters. The molecule has 0 radical (unpaired) electrons. The highest BCUT2D eigenvalue weighted by atomic mass is 19.4. The zero-order valence-corrected chi connectivity index (χ0v) is 19.7. The first-order valence-corrected chi connectivity index (χ1v) is 10.8. The molecule has 0 fully saturated rings.